The molecule has 0 amide bonds. The summed E-state index contributed by atoms with van der Waals surface area (Å²) in [6.07, 6.45) is 4.36. The van der Waals surface area contributed by atoms with Crippen LogP contribution < -0.4 is 0 Å². The van der Waals surface area contributed by atoms with Gasteiger partial charge in [-0.3, -0.25) is 19.2 Å². The van der Waals surface area contributed by atoms with Gasteiger partial charge >= 0.3 is 5.97 Å². The van der Waals surface area contributed by atoms with Crippen LogP contribution >= 0.6 is 0 Å². The molecule has 1 heterocycles. The zero-order chi connectivity index (χ0) is 27.5. The van der Waals surface area contributed by atoms with E-state index in [1.54, 1.807) is 13.0 Å². The fraction of sp³-hybridized carbons (Fsp3) is 0.733. The van der Waals surface area contributed by atoms with E-state index in [4.69, 9.17) is 4.74 Å². The number of aliphatic hydroxyl groups excluding tert-OH is 1. The number of epoxide rings is 1. The summed E-state index contributed by atoms with van der Waals surface area (Å²) in [5.41, 5.74) is -1.61. The third-order valence-corrected chi connectivity index (χ3v) is 11.6. The number of rotatable bonds is 5. The number of hydrogen-bond donors (Lipinski definition) is 2. The number of carbonyl (C=O) groups excluding carboxylic acids is 3. The number of ether oxygens (including phenoxy) is 1. The lowest BCUT2D eigenvalue weighted by Crippen LogP contribution is -2.63. The Bertz CT molecular complexity index is 1180. The lowest BCUT2D eigenvalue weighted by atomic mass is 9.41. The molecule has 37 heavy (non-hydrogen) atoms. The number of carbonyl (C=O) groups is 4. The molecule has 7 nitrogen and oxygen atoms in total. The van der Waals surface area contributed by atoms with Crippen molar-refractivity contribution >= 4 is 23.3 Å². The second-order valence-electron chi connectivity index (χ2n) is 13.7. The van der Waals surface area contributed by atoms with Gasteiger partial charge in [0.2, 0.25) is 0 Å². The molecular formula is C30H40O7. The Kier molecular flexibility index (Phi) is 5.53. The highest BCUT2D eigenvalue weighted by atomic mass is 16.6. The molecule has 202 valence electrons. The van der Waals surface area contributed by atoms with Gasteiger partial charge in [-0.1, -0.05) is 47.1 Å². The Morgan fingerprint density at radius 1 is 1.19 bits per heavy atom. The number of carboxylic acid groups (broad SMARTS) is 1. The largest absolute Gasteiger partial charge is 0.481 e. The van der Waals surface area contributed by atoms with Gasteiger partial charge in [0, 0.05) is 35.0 Å². The standard InChI is InChI=1S/C30H40O7/c1-15(10-17(31)11-16(2)25(35)36)24-18(32)14-28(6)29(24,7)22(34)12-20-27(5)9-8-21(33)26(3,4)19(27)13-23-30(20,28)37-23/h10,12,16,18-19,23-24,32H,8-9,11,13-14H2,1-7H3,(H,35,36)/b15-10+/t16-,18+,19-,23-,24-,27-,28+,29+,30+/m1/s1. The SMILES string of the molecule is C/C(=C\C(=O)C[C@@H](C)C(=O)O)[C@@H]1[C@@H](O)C[C@@]2(C)[C@@]1(C)C(=O)C=C1[C@]3(C)CCC(=O)C(C)(C)[C@H]3C[C@H]3O[C@@]132. The number of hydrogen-bond acceptors (Lipinski definition) is 6. The van der Waals surface area contributed by atoms with Gasteiger partial charge in [0.05, 0.1) is 18.1 Å². The highest BCUT2D eigenvalue weighted by Crippen LogP contribution is 2.79. The number of ketones is 3. The smallest absolute Gasteiger partial charge is 0.306 e. The zero-order valence-corrected chi connectivity index (χ0v) is 23.0. The maximum atomic E-state index is 14.2. The van der Waals surface area contributed by atoms with Gasteiger partial charge < -0.3 is 14.9 Å². The summed E-state index contributed by atoms with van der Waals surface area (Å²) in [6.45, 7) is 13.5. The third kappa shape index (κ3) is 3.07. The molecule has 7 heteroatoms. The van der Waals surface area contributed by atoms with Crippen LogP contribution in [0.2, 0.25) is 0 Å². The molecule has 5 rings (SSSR count). The number of fused-ring (bicyclic) bond motifs is 3. The van der Waals surface area contributed by atoms with Gasteiger partial charge in [0.15, 0.2) is 11.6 Å². The minimum absolute atomic E-state index is 0.0675. The first-order chi connectivity index (χ1) is 17.0. The number of Topliss-reactive ketones (excluding diaryl/α,β-unsaturated/α-hetero) is 1. The van der Waals surface area contributed by atoms with Crippen molar-refractivity contribution in [3.8, 4) is 0 Å². The minimum Gasteiger partial charge on any atom is -0.481 e. The van der Waals surface area contributed by atoms with Crippen molar-refractivity contribution in [2.75, 3.05) is 0 Å². The Hall–Kier alpha value is -2.12. The van der Waals surface area contributed by atoms with E-state index in [0.29, 0.717) is 24.8 Å². The Balaban J connectivity index is 1.57. The first-order valence-electron chi connectivity index (χ1n) is 13.6. The van der Waals surface area contributed by atoms with Crippen LogP contribution in [0.1, 0.15) is 80.6 Å². The summed E-state index contributed by atoms with van der Waals surface area (Å²) in [4.78, 5) is 50.9. The summed E-state index contributed by atoms with van der Waals surface area (Å²) < 4.78 is 6.63. The molecule has 1 saturated heterocycles. The van der Waals surface area contributed by atoms with E-state index in [9.17, 15) is 29.4 Å². The van der Waals surface area contributed by atoms with Crippen molar-refractivity contribution in [1.29, 1.82) is 0 Å². The maximum absolute atomic E-state index is 14.2. The number of carboxylic acids is 1. The normalized spacial score (nSPS) is 46.7. The van der Waals surface area contributed by atoms with E-state index in [2.05, 4.69) is 13.8 Å². The molecule has 9 atom stereocenters. The first-order valence-corrected chi connectivity index (χ1v) is 13.6. The second-order valence-corrected chi connectivity index (χ2v) is 13.7. The van der Waals surface area contributed by atoms with Crippen molar-refractivity contribution in [2.24, 2.45) is 39.4 Å². The maximum Gasteiger partial charge on any atom is 0.306 e. The second kappa shape index (κ2) is 7.72. The van der Waals surface area contributed by atoms with Crippen molar-refractivity contribution in [3.63, 3.8) is 0 Å². The van der Waals surface area contributed by atoms with Crippen LogP contribution in [0.3, 0.4) is 0 Å². The van der Waals surface area contributed by atoms with Crippen LogP contribution in [0.25, 0.3) is 0 Å². The Morgan fingerprint density at radius 3 is 2.46 bits per heavy atom. The summed E-state index contributed by atoms with van der Waals surface area (Å²) in [5.74, 6) is -2.48. The van der Waals surface area contributed by atoms with Gasteiger partial charge in [-0.2, -0.15) is 0 Å². The van der Waals surface area contributed by atoms with Crippen LogP contribution in [0.4, 0.5) is 0 Å². The monoisotopic (exact) mass is 512 g/mol. The fourth-order valence-electron chi connectivity index (χ4n) is 9.34. The first kappa shape index (κ1) is 26.5. The summed E-state index contributed by atoms with van der Waals surface area (Å²) in [7, 11) is 0. The number of aliphatic hydroxyl groups is 1. The molecule has 0 aromatic heterocycles. The van der Waals surface area contributed by atoms with Crippen LogP contribution in [0, 0.1) is 39.4 Å². The molecular weight excluding hydrogens is 472 g/mol. The summed E-state index contributed by atoms with van der Waals surface area (Å²) in [5, 5.41) is 20.6. The molecule has 5 aliphatic rings. The molecule has 0 radical (unpaired) electrons. The summed E-state index contributed by atoms with van der Waals surface area (Å²) in [6, 6.07) is 0. The number of aliphatic carboxylic acids is 1. The van der Waals surface area contributed by atoms with Crippen molar-refractivity contribution in [2.45, 2.75) is 98.4 Å². The van der Waals surface area contributed by atoms with Gasteiger partial charge in [-0.05, 0) is 55.2 Å². The van der Waals surface area contributed by atoms with Crippen molar-refractivity contribution in [1.82, 2.24) is 0 Å². The fourth-order valence-corrected chi connectivity index (χ4v) is 9.34. The van der Waals surface area contributed by atoms with Gasteiger partial charge in [0.25, 0.3) is 0 Å². The molecule has 3 saturated carbocycles. The Morgan fingerprint density at radius 2 is 1.84 bits per heavy atom. The molecule has 0 aromatic carbocycles. The highest BCUT2D eigenvalue weighted by molar-refractivity contribution is 6.00. The molecule has 1 aliphatic heterocycles. The van der Waals surface area contributed by atoms with E-state index < -0.39 is 45.8 Å². The third-order valence-electron chi connectivity index (χ3n) is 11.6. The van der Waals surface area contributed by atoms with E-state index in [1.165, 1.54) is 13.0 Å². The van der Waals surface area contributed by atoms with Gasteiger partial charge in [-0.15, -0.1) is 0 Å². The van der Waals surface area contributed by atoms with E-state index in [-0.39, 0.29) is 41.2 Å². The van der Waals surface area contributed by atoms with Crippen molar-refractivity contribution < 1.29 is 34.1 Å². The molecule has 0 aromatic rings. The lowest BCUT2D eigenvalue weighted by molar-refractivity contribution is -0.143. The van der Waals surface area contributed by atoms with E-state index in [0.717, 1.165) is 12.0 Å². The van der Waals surface area contributed by atoms with Crippen LogP contribution in [-0.4, -0.2) is 51.3 Å². The molecule has 4 fully saturated rings. The summed E-state index contributed by atoms with van der Waals surface area (Å²) >= 11 is 0. The number of allylic oxidation sites excluding steroid dienone is 2. The van der Waals surface area contributed by atoms with Crippen molar-refractivity contribution in [3.05, 3.63) is 23.3 Å². The van der Waals surface area contributed by atoms with Gasteiger partial charge in [-0.25, -0.2) is 0 Å². The molecule has 4 aliphatic carbocycles. The van der Waals surface area contributed by atoms with Crippen LogP contribution in [0.5, 0.6) is 0 Å². The van der Waals surface area contributed by atoms with E-state index in [1.807, 2.05) is 20.8 Å². The predicted octanol–water partition coefficient (Wildman–Crippen LogP) is 4.07. The lowest BCUT2D eigenvalue weighted by Gasteiger charge is -2.60. The van der Waals surface area contributed by atoms with Gasteiger partial charge in [0.1, 0.15) is 11.4 Å². The minimum atomic E-state index is -1.03. The molecule has 1 spiro atoms. The average molecular weight is 513 g/mol. The molecule has 0 unspecified atom stereocenters. The molecule has 2 N–H and O–H groups in total. The topological polar surface area (TPSA) is 121 Å². The van der Waals surface area contributed by atoms with Crippen LogP contribution in [0.15, 0.2) is 23.3 Å². The quantitative estimate of drug-likeness (QED) is 0.421. The molecule has 0 bridgehead atoms. The highest BCUT2D eigenvalue weighted by Gasteiger charge is 2.84. The zero-order valence-electron chi connectivity index (χ0n) is 23.0. The van der Waals surface area contributed by atoms with E-state index >= 15 is 0 Å². The predicted molar refractivity (Wildman–Crippen MR) is 135 cm³/mol. The Labute approximate surface area is 218 Å². The average Bonchev–Trinajstić information content (AvgIpc) is 3.47. The van der Waals surface area contributed by atoms with Crippen LogP contribution in [-0.2, 0) is 23.9 Å².